The number of halogens is 1. The van der Waals surface area contributed by atoms with E-state index in [0.29, 0.717) is 19.4 Å². The lowest BCUT2D eigenvalue weighted by Crippen LogP contribution is -2.42. The van der Waals surface area contributed by atoms with Crippen LogP contribution >= 0.6 is 0 Å². The zero-order valence-corrected chi connectivity index (χ0v) is 20.0. The molecule has 0 radical (unpaired) electrons. The van der Waals surface area contributed by atoms with Crippen molar-refractivity contribution in [2.45, 2.75) is 45.6 Å². The SMILES string of the molecule is CNC(=O)c1ccc(CC(CNC(=O)CC(c2ccccc2)C(C)(C)C)N(C)C)cc1F. The third-order valence-corrected chi connectivity index (χ3v) is 5.88. The summed E-state index contributed by atoms with van der Waals surface area (Å²) in [4.78, 5) is 26.6. The van der Waals surface area contributed by atoms with E-state index in [-0.39, 0.29) is 28.8 Å². The third kappa shape index (κ3) is 7.16. The first kappa shape index (κ1) is 25.5. The normalized spacial score (nSPS) is 13.5. The van der Waals surface area contributed by atoms with Gasteiger partial charge in [0.15, 0.2) is 0 Å². The predicted octanol–water partition coefficient (Wildman–Crippen LogP) is 3.99. The van der Waals surface area contributed by atoms with E-state index in [1.165, 1.54) is 19.2 Å². The fourth-order valence-corrected chi connectivity index (χ4v) is 3.81. The van der Waals surface area contributed by atoms with Crippen molar-refractivity contribution in [3.8, 4) is 0 Å². The molecule has 0 saturated heterocycles. The Balaban J connectivity index is 2.03. The molecule has 0 bridgehead atoms. The van der Waals surface area contributed by atoms with Gasteiger partial charge in [0.05, 0.1) is 5.56 Å². The molecule has 6 heteroatoms. The predicted molar refractivity (Wildman–Crippen MR) is 127 cm³/mol. The molecule has 2 N–H and O–H groups in total. The minimum absolute atomic E-state index is 0.00164. The molecule has 2 aromatic rings. The summed E-state index contributed by atoms with van der Waals surface area (Å²) in [7, 11) is 5.35. The van der Waals surface area contributed by atoms with E-state index in [4.69, 9.17) is 0 Å². The van der Waals surface area contributed by atoms with Crippen LogP contribution in [0.1, 0.15) is 54.6 Å². The molecule has 2 aromatic carbocycles. The van der Waals surface area contributed by atoms with Crippen molar-refractivity contribution in [1.29, 1.82) is 0 Å². The minimum atomic E-state index is -0.542. The maximum Gasteiger partial charge on any atom is 0.253 e. The first-order valence-electron chi connectivity index (χ1n) is 11.0. The van der Waals surface area contributed by atoms with Crippen molar-refractivity contribution < 1.29 is 14.0 Å². The Morgan fingerprint density at radius 2 is 1.72 bits per heavy atom. The summed E-state index contributed by atoms with van der Waals surface area (Å²) in [6.07, 6.45) is 0.961. The van der Waals surface area contributed by atoms with Crippen LogP contribution in [0.5, 0.6) is 0 Å². The molecule has 2 amide bonds. The van der Waals surface area contributed by atoms with Gasteiger partial charge in [-0.2, -0.15) is 0 Å². The van der Waals surface area contributed by atoms with Crippen LogP contribution in [0.25, 0.3) is 0 Å². The Morgan fingerprint density at radius 1 is 1.06 bits per heavy atom. The van der Waals surface area contributed by atoms with Crippen LogP contribution in [0.2, 0.25) is 0 Å². The molecule has 0 aliphatic carbocycles. The number of amides is 2. The zero-order chi connectivity index (χ0) is 23.9. The van der Waals surface area contributed by atoms with Crippen LogP contribution in [0.15, 0.2) is 48.5 Å². The molecule has 0 fully saturated rings. The Hall–Kier alpha value is -2.73. The number of hydrogen-bond donors (Lipinski definition) is 2. The van der Waals surface area contributed by atoms with Crippen molar-refractivity contribution in [1.82, 2.24) is 15.5 Å². The maximum absolute atomic E-state index is 14.3. The smallest absolute Gasteiger partial charge is 0.253 e. The van der Waals surface area contributed by atoms with Gasteiger partial charge >= 0.3 is 0 Å². The lowest BCUT2D eigenvalue weighted by atomic mass is 9.74. The van der Waals surface area contributed by atoms with Gasteiger partial charge in [0, 0.05) is 26.1 Å². The Bertz CT molecular complexity index is 907. The van der Waals surface area contributed by atoms with Crippen molar-refractivity contribution in [3.63, 3.8) is 0 Å². The van der Waals surface area contributed by atoms with Gasteiger partial charge in [-0.15, -0.1) is 0 Å². The molecule has 0 saturated carbocycles. The van der Waals surface area contributed by atoms with Crippen molar-refractivity contribution >= 4 is 11.8 Å². The average Bonchev–Trinajstić information content (AvgIpc) is 2.74. The highest BCUT2D eigenvalue weighted by Gasteiger charge is 2.28. The first-order valence-corrected chi connectivity index (χ1v) is 11.0. The van der Waals surface area contributed by atoms with Crippen molar-refractivity contribution in [3.05, 3.63) is 71.0 Å². The van der Waals surface area contributed by atoms with Crippen LogP contribution in [0, 0.1) is 11.2 Å². The highest BCUT2D eigenvalue weighted by molar-refractivity contribution is 5.94. The topological polar surface area (TPSA) is 61.4 Å². The third-order valence-electron chi connectivity index (χ3n) is 5.88. The molecule has 32 heavy (non-hydrogen) atoms. The molecule has 174 valence electrons. The Kier molecular flexibility index (Phi) is 8.96. The first-order chi connectivity index (χ1) is 15.0. The summed E-state index contributed by atoms with van der Waals surface area (Å²) in [5.74, 6) is -0.883. The fourth-order valence-electron chi connectivity index (χ4n) is 3.81. The minimum Gasteiger partial charge on any atom is -0.355 e. The summed E-state index contributed by atoms with van der Waals surface area (Å²) in [6.45, 7) is 6.91. The van der Waals surface area contributed by atoms with Gasteiger partial charge in [-0.25, -0.2) is 4.39 Å². The monoisotopic (exact) mass is 441 g/mol. The van der Waals surface area contributed by atoms with E-state index in [0.717, 1.165) is 11.1 Å². The molecule has 0 heterocycles. The number of carbonyl (C=O) groups excluding carboxylic acids is 2. The largest absolute Gasteiger partial charge is 0.355 e. The molecular weight excluding hydrogens is 405 g/mol. The van der Waals surface area contributed by atoms with Crippen molar-refractivity contribution in [2.75, 3.05) is 27.7 Å². The molecule has 0 aliphatic heterocycles. The maximum atomic E-state index is 14.3. The molecule has 0 aliphatic rings. The summed E-state index contributed by atoms with van der Waals surface area (Å²) in [5, 5.41) is 5.51. The van der Waals surface area contributed by atoms with Gasteiger partial charge in [0.25, 0.3) is 5.91 Å². The van der Waals surface area contributed by atoms with E-state index in [2.05, 4.69) is 43.5 Å². The van der Waals surface area contributed by atoms with Gasteiger partial charge in [-0.1, -0.05) is 57.2 Å². The molecule has 0 aromatic heterocycles. The van der Waals surface area contributed by atoms with Gasteiger partial charge in [0.2, 0.25) is 5.91 Å². The number of benzene rings is 2. The summed E-state index contributed by atoms with van der Waals surface area (Å²) in [5.41, 5.74) is 1.91. The summed E-state index contributed by atoms with van der Waals surface area (Å²) >= 11 is 0. The van der Waals surface area contributed by atoms with Crippen LogP contribution in [0.3, 0.4) is 0 Å². The lowest BCUT2D eigenvalue weighted by Gasteiger charge is -2.31. The number of carbonyl (C=O) groups is 2. The number of rotatable bonds is 9. The second-order valence-electron chi connectivity index (χ2n) is 9.55. The quantitative estimate of drug-likeness (QED) is 0.619. The van der Waals surface area contributed by atoms with E-state index >= 15 is 0 Å². The second-order valence-corrected chi connectivity index (χ2v) is 9.55. The number of nitrogens with zero attached hydrogens (tertiary/aromatic N) is 1. The average molecular weight is 442 g/mol. The van der Waals surface area contributed by atoms with Crippen LogP contribution in [0.4, 0.5) is 4.39 Å². The highest BCUT2D eigenvalue weighted by Crippen LogP contribution is 2.37. The molecule has 5 nitrogen and oxygen atoms in total. The summed E-state index contributed by atoms with van der Waals surface area (Å²) < 4.78 is 14.3. The second kappa shape index (κ2) is 11.2. The van der Waals surface area contributed by atoms with Crippen LogP contribution in [-0.2, 0) is 11.2 Å². The number of hydrogen-bond acceptors (Lipinski definition) is 3. The van der Waals surface area contributed by atoms with Gasteiger partial charge in [0.1, 0.15) is 5.82 Å². The van der Waals surface area contributed by atoms with Crippen LogP contribution < -0.4 is 10.6 Å². The molecular formula is C26H36FN3O2. The Morgan fingerprint density at radius 3 is 2.25 bits per heavy atom. The molecule has 2 atom stereocenters. The van der Waals surface area contributed by atoms with Gasteiger partial charge in [-0.3, -0.25) is 9.59 Å². The fraction of sp³-hybridized carbons (Fsp3) is 0.462. The number of likely N-dealkylation sites (N-methyl/N-ethyl adjacent to an activating group) is 1. The molecule has 0 spiro atoms. The summed E-state index contributed by atoms with van der Waals surface area (Å²) in [6, 6.07) is 14.8. The molecule has 2 unspecified atom stereocenters. The lowest BCUT2D eigenvalue weighted by molar-refractivity contribution is -0.122. The number of nitrogens with one attached hydrogen (secondary N) is 2. The van der Waals surface area contributed by atoms with E-state index in [9.17, 15) is 14.0 Å². The van der Waals surface area contributed by atoms with E-state index in [1.54, 1.807) is 6.07 Å². The standard InChI is InChI=1S/C26H36FN3O2/c1-26(2,3)22(19-10-8-7-9-11-19)16-24(31)29-17-20(30(5)6)14-18-12-13-21(23(27)15-18)25(32)28-4/h7-13,15,20,22H,14,16-17H2,1-6H3,(H,28,32)(H,29,31). The van der Waals surface area contributed by atoms with E-state index in [1.807, 2.05) is 37.2 Å². The van der Waals surface area contributed by atoms with Gasteiger partial charge < -0.3 is 15.5 Å². The van der Waals surface area contributed by atoms with E-state index < -0.39 is 11.7 Å². The van der Waals surface area contributed by atoms with Crippen LogP contribution in [-0.4, -0.2) is 50.4 Å². The Labute approximate surface area is 191 Å². The zero-order valence-electron chi connectivity index (χ0n) is 20.0. The molecule has 2 rings (SSSR count). The van der Waals surface area contributed by atoms with Crippen molar-refractivity contribution in [2.24, 2.45) is 5.41 Å². The van der Waals surface area contributed by atoms with Gasteiger partial charge in [-0.05, 0) is 55.1 Å². The highest BCUT2D eigenvalue weighted by atomic mass is 19.1.